The minimum atomic E-state index is 0.619. The van der Waals surface area contributed by atoms with Crippen molar-refractivity contribution in [2.75, 3.05) is 19.6 Å². The topological polar surface area (TPSA) is 3.24 Å². The van der Waals surface area contributed by atoms with Crippen LogP contribution in [0.5, 0.6) is 0 Å². The Hall–Kier alpha value is -0.340. The predicted octanol–water partition coefficient (Wildman–Crippen LogP) is 4.04. The zero-order valence-electron chi connectivity index (χ0n) is 9.95. The molecule has 0 aliphatic carbocycles. The van der Waals surface area contributed by atoms with Crippen molar-refractivity contribution in [3.05, 3.63) is 34.3 Å². The summed E-state index contributed by atoms with van der Waals surface area (Å²) in [6.45, 7) is 6.10. The molecule has 1 aliphatic heterocycles. The second-order valence-corrected chi connectivity index (χ2v) is 5.64. The van der Waals surface area contributed by atoms with E-state index in [2.05, 4.69) is 52.0 Å². The van der Waals surface area contributed by atoms with Crippen LogP contribution in [0.25, 0.3) is 0 Å². The summed E-state index contributed by atoms with van der Waals surface area (Å²) in [6, 6.07) is 8.59. The molecule has 0 saturated carbocycles. The Morgan fingerprint density at radius 3 is 2.56 bits per heavy atom. The summed E-state index contributed by atoms with van der Waals surface area (Å²) in [5.41, 5.74) is 1.44. The van der Waals surface area contributed by atoms with E-state index in [4.69, 9.17) is 0 Å². The molecule has 0 aromatic heterocycles. The van der Waals surface area contributed by atoms with Gasteiger partial charge < -0.3 is 4.90 Å². The monoisotopic (exact) mass is 281 g/mol. The van der Waals surface area contributed by atoms with Gasteiger partial charge >= 0.3 is 0 Å². The summed E-state index contributed by atoms with van der Waals surface area (Å²) in [4.78, 5) is 2.60. The molecule has 1 aromatic carbocycles. The van der Waals surface area contributed by atoms with Gasteiger partial charge in [-0.15, -0.1) is 0 Å². The van der Waals surface area contributed by atoms with Gasteiger partial charge in [-0.2, -0.15) is 0 Å². The van der Waals surface area contributed by atoms with Crippen molar-refractivity contribution in [2.24, 2.45) is 0 Å². The van der Waals surface area contributed by atoms with Gasteiger partial charge in [0.1, 0.15) is 0 Å². The minimum Gasteiger partial charge on any atom is -0.303 e. The summed E-state index contributed by atoms with van der Waals surface area (Å²) in [7, 11) is 0. The van der Waals surface area contributed by atoms with Crippen LogP contribution in [0.3, 0.4) is 0 Å². The molecule has 1 fully saturated rings. The molecule has 88 valence electrons. The number of hydrogen-bond donors (Lipinski definition) is 0. The maximum absolute atomic E-state index is 3.64. The van der Waals surface area contributed by atoms with E-state index in [9.17, 15) is 0 Å². The van der Waals surface area contributed by atoms with Crippen molar-refractivity contribution < 1.29 is 0 Å². The van der Waals surface area contributed by atoms with Crippen LogP contribution in [0.4, 0.5) is 0 Å². The molecular weight excluding hydrogens is 262 g/mol. The number of rotatable bonds is 3. The third-order valence-corrected chi connectivity index (χ3v) is 4.14. The molecule has 1 saturated heterocycles. The first-order valence-electron chi connectivity index (χ1n) is 6.24. The van der Waals surface area contributed by atoms with Gasteiger partial charge in [-0.1, -0.05) is 47.5 Å². The molecule has 0 spiro atoms. The number of halogens is 1. The molecule has 1 nitrogen and oxygen atoms in total. The standard InChI is InChI=1S/C14H20BrN/c1-12(11-16-9-5-2-6-10-16)13-7-3-4-8-14(13)15/h3-4,7-8,12H,2,5-6,9-11H2,1H3. The summed E-state index contributed by atoms with van der Waals surface area (Å²) >= 11 is 3.64. The fraction of sp³-hybridized carbons (Fsp3) is 0.571. The molecule has 2 rings (SSSR count). The van der Waals surface area contributed by atoms with E-state index >= 15 is 0 Å². The van der Waals surface area contributed by atoms with Gasteiger partial charge in [0.15, 0.2) is 0 Å². The van der Waals surface area contributed by atoms with Crippen LogP contribution in [0.2, 0.25) is 0 Å². The van der Waals surface area contributed by atoms with Gasteiger partial charge in [0.05, 0.1) is 0 Å². The Morgan fingerprint density at radius 1 is 1.19 bits per heavy atom. The fourth-order valence-electron chi connectivity index (χ4n) is 2.50. The second kappa shape index (κ2) is 5.83. The van der Waals surface area contributed by atoms with E-state index in [0.29, 0.717) is 5.92 Å². The maximum Gasteiger partial charge on any atom is 0.0210 e. The maximum atomic E-state index is 3.64. The smallest absolute Gasteiger partial charge is 0.0210 e. The average molecular weight is 282 g/mol. The molecule has 0 radical (unpaired) electrons. The summed E-state index contributed by atoms with van der Waals surface area (Å²) in [5.74, 6) is 0.619. The number of piperidine rings is 1. The van der Waals surface area contributed by atoms with Gasteiger partial charge in [0.25, 0.3) is 0 Å². The SMILES string of the molecule is CC(CN1CCCCC1)c1ccccc1Br. The molecule has 2 heteroatoms. The number of likely N-dealkylation sites (tertiary alicyclic amines) is 1. The minimum absolute atomic E-state index is 0.619. The van der Waals surface area contributed by atoms with Gasteiger partial charge in [-0.05, 0) is 43.5 Å². The van der Waals surface area contributed by atoms with Gasteiger partial charge in [0.2, 0.25) is 0 Å². The van der Waals surface area contributed by atoms with E-state index in [1.54, 1.807) is 0 Å². The predicted molar refractivity (Wildman–Crippen MR) is 72.8 cm³/mol. The molecule has 1 aromatic rings. The zero-order valence-corrected chi connectivity index (χ0v) is 11.5. The van der Waals surface area contributed by atoms with E-state index in [-0.39, 0.29) is 0 Å². The quantitative estimate of drug-likeness (QED) is 0.808. The highest BCUT2D eigenvalue weighted by atomic mass is 79.9. The first kappa shape index (κ1) is 12.1. The Balaban J connectivity index is 1.96. The van der Waals surface area contributed by atoms with Crippen molar-refractivity contribution in [1.82, 2.24) is 4.90 Å². The van der Waals surface area contributed by atoms with Crippen LogP contribution in [-0.4, -0.2) is 24.5 Å². The molecule has 0 amide bonds. The lowest BCUT2D eigenvalue weighted by Gasteiger charge is -2.29. The third-order valence-electron chi connectivity index (χ3n) is 3.42. The van der Waals surface area contributed by atoms with Crippen molar-refractivity contribution in [3.63, 3.8) is 0 Å². The van der Waals surface area contributed by atoms with Crippen LogP contribution in [0.1, 0.15) is 37.7 Å². The van der Waals surface area contributed by atoms with E-state index < -0.39 is 0 Å². The highest BCUT2D eigenvalue weighted by molar-refractivity contribution is 9.10. The van der Waals surface area contributed by atoms with Gasteiger partial charge in [-0.3, -0.25) is 0 Å². The summed E-state index contributed by atoms with van der Waals surface area (Å²) in [5, 5.41) is 0. The third kappa shape index (κ3) is 3.08. The van der Waals surface area contributed by atoms with E-state index in [1.807, 2.05) is 0 Å². The lowest BCUT2D eigenvalue weighted by atomic mass is 9.99. The molecule has 1 atom stereocenters. The van der Waals surface area contributed by atoms with Crippen LogP contribution in [0.15, 0.2) is 28.7 Å². The van der Waals surface area contributed by atoms with Crippen molar-refractivity contribution in [2.45, 2.75) is 32.1 Å². The van der Waals surface area contributed by atoms with Crippen LogP contribution >= 0.6 is 15.9 Å². The van der Waals surface area contributed by atoms with Crippen LogP contribution in [0, 0.1) is 0 Å². The summed E-state index contributed by atoms with van der Waals surface area (Å²) < 4.78 is 1.25. The first-order chi connectivity index (χ1) is 7.77. The highest BCUT2D eigenvalue weighted by Gasteiger charge is 2.15. The van der Waals surface area contributed by atoms with Crippen molar-refractivity contribution in [3.8, 4) is 0 Å². The van der Waals surface area contributed by atoms with Crippen molar-refractivity contribution in [1.29, 1.82) is 0 Å². The molecule has 1 unspecified atom stereocenters. The molecule has 16 heavy (non-hydrogen) atoms. The van der Waals surface area contributed by atoms with Crippen molar-refractivity contribution >= 4 is 15.9 Å². The largest absolute Gasteiger partial charge is 0.303 e. The average Bonchev–Trinajstić information content (AvgIpc) is 2.31. The molecule has 0 N–H and O–H groups in total. The Labute approximate surface area is 107 Å². The summed E-state index contributed by atoms with van der Waals surface area (Å²) in [6.07, 6.45) is 4.17. The van der Waals surface area contributed by atoms with E-state index in [0.717, 1.165) is 0 Å². The Kier molecular flexibility index (Phi) is 4.42. The second-order valence-electron chi connectivity index (χ2n) is 4.78. The number of nitrogens with zero attached hydrogens (tertiary/aromatic N) is 1. The zero-order chi connectivity index (χ0) is 11.4. The molecule has 1 heterocycles. The highest BCUT2D eigenvalue weighted by Crippen LogP contribution is 2.26. The number of hydrogen-bond acceptors (Lipinski definition) is 1. The Morgan fingerprint density at radius 2 is 1.88 bits per heavy atom. The molecular formula is C14H20BrN. The normalized spacial score (nSPS) is 19.6. The number of benzene rings is 1. The fourth-order valence-corrected chi connectivity index (χ4v) is 3.18. The van der Waals surface area contributed by atoms with Gasteiger partial charge in [-0.25, -0.2) is 0 Å². The van der Waals surface area contributed by atoms with Gasteiger partial charge in [0, 0.05) is 11.0 Å². The Bertz CT molecular complexity index is 331. The first-order valence-corrected chi connectivity index (χ1v) is 7.03. The van der Waals surface area contributed by atoms with Crippen LogP contribution < -0.4 is 0 Å². The molecule has 0 bridgehead atoms. The lowest BCUT2D eigenvalue weighted by Crippen LogP contribution is -2.32. The molecule has 1 aliphatic rings. The van der Waals surface area contributed by atoms with E-state index in [1.165, 1.54) is 48.9 Å². The lowest BCUT2D eigenvalue weighted by molar-refractivity contribution is 0.219. The van der Waals surface area contributed by atoms with Crippen LogP contribution in [-0.2, 0) is 0 Å².